The van der Waals surface area contributed by atoms with Crippen LogP contribution in [0.3, 0.4) is 0 Å². The van der Waals surface area contributed by atoms with E-state index in [9.17, 15) is 12.8 Å². The van der Waals surface area contributed by atoms with E-state index in [4.69, 9.17) is 0 Å². The molecule has 8 heteroatoms. The molecule has 0 amide bonds. The number of sulfonamides is 1. The van der Waals surface area contributed by atoms with Crippen molar-refractivity contribution in [3.63, 3.8) is 0 Å². The molecule has 0 atom stereocenters. The van der Waals surface area contributed by atoms with Gasteiger partial charge in [-0.25, -0.2) is 12.8 Å². The molecular weight excluding hydrogens is 389 g/mol. The molecule has 2 aromatic carbocycles. The monoisotopic (exact) mass is 411 g/mol. The fourth-order valence-electron chi connectivity index (χ4n) is 3.66. The number of hydrogen-bond donors (Lipinski definition) is 0. The van der Waals surface area contributed by atoms with Gasteiger partial charge in [-0.3, -0.25) is 0 Å². The number of piperazine rings is 1. The first kappa shape index (κ1) is 20.1. The van der Waals surface area contributed by atoms with Gasteiger partial charge in [0, 0.05) is 45.0 Å². The van der Waals surface area contributed by atoms with Gasteiger partial charge in [0.25, 0.3) is 0 Å². The van der Waals surface area contributed by atoms with Gasteiger partial charge >= 0.3 is 0 Å². The van der Waals surface area contributed by atoms with Crippen LogP contribution in [-0.4, -0.2) is 50.8 Å². The lowest BCUT2D eigenvalue weighted by atomic mass is 10.1. The minimum Gasteiger partial charge on any atom is -0.369 e. The standard InChI is InChI=1S/C19H22FN3O2S.ClH/c1-21-8-10-22(11-9-21)19-7-2-4-15-13-23(14-18(15)19)26(24,25)17-6-3-5-16(20)12-17;/h2-7,12H,8-11,13-14H2,1H3;1H. The zero-order valence-electron chi connectivity index (χ0n) is 15.1. The second-order valence-corrected chi connectivity index (χ2v) is 8.87. The predicted molar refractivity (Wildman–Crippen MR) is 106 cm³/mol. The maximum absolute atomic E-state index is 13.5. The van der Waals surface area contributed by atoms with E-state index >= 15 is 0 Å². The minimum atomic E-state index is -3.72. The molecule has 0 saturated carbocycles. The molecule has 0 spiro atoms. The molecule has 1 saturated heterocycles. The number of nitrogens with zero attached hydrogens (tertiary/aromatic N) is 3. The van der Waals surface area contributed by atoms with Gasteiger partial charge in [-0.2, -0.15) is 4.31 Å². The first-order valence-corrected chi connectivity index (χ1v) is 10.2. The van der Waals surface area contributed by atoms with Crippen molar-refractivity contribution in [2.75, 3.05) is 38.1 Å². The molecule has 2 heterocycles. The van der Waals surface area contributed by atoms with Gasteiger partial charge in [-0.15, -0.1) is 12.4 Å². The zero-order valence-corrected chi connectivity index (χ0v) is 16.8. The molecule has 2 aliphatic rings. The molecule has 0 N–H and O–H groups in total. The van der Waals surface area contributed by atoms with E-state index in [1.807, 2.05) is 12.1 Å². The summed E-state index contributed by atoms with van der Waals surface area (Å²) in [6.07, 6.45) is 0. The average Bonchev–Trinajstić information content (AvgIpc) is 3.07. The summed E-state index contributed by atoms with van der Waals surface area (Å²) in [5, 5.41) is 0. The number of benzene rings is 2. The van der Waals surface area contributed by atoms with Crippen molar-refractivity contribution in [1.82, 2.24) is 9.21 Å². The van der Waals surface area contributed by atoms with Crippen LogP contribution < -0.4 is 4.90 Å². The quantitative estimate of drug-likeness (QED) is 0.779. The fourth-order valence-corrected chi connectivity index (χ4v) is 5.08. The van der Waals surface area contributed by atoms with Crippen molar-refractivity contribution in [2.24, 2.45) is 0 Å². The van der Waals surface area contributed by atoms with Crippen LogP contribution in [-0.2, 0) is 23.1 Å². The highest BCUT2D eigenvalue weighted by Crippen LogP contribution is 2.35. The Morgan fingerprint density at radius 3 is 2.37 bits per heavy atom. The van der Waals surface area contributed by atoms with E-state index in [-0.39, 0.29) is 17.3 Å². The van der Waals surface area contributed by atoms with Crippen LogP contribution in [0.4, 0.5) is 10.1 Å². The van der Waals surface area contributed by atoms with Crippen LogP contribution >= 0.6 is 12.4 Å². The Balaban J connectivity index is 0.00000210. The number of fused-ring (bicyclic) bond motifs is 1. The Bertz CT molecular complexity index is 930. The van der Waals surface area contributed by atoms with E-state index in [2.05, 4.69) is 22.9 Å². The molecule has 0 radical (unpaired) electrons. The van der Waals surface area contributed by atoms with Crippen LogP contribution in [0.5, 0.6) is 0 Å². The maximum Gasteiger partial charge on any atom is 0.243 e. The van der Waals surface area contributed by atoms with Crippen molar-refractivity contribution in [3.05, 3.63) is 59.4 Å². The third-order valence-corrected chi connectivity index (χ3v) is 6.99. The van der Waals surface area contributed by atoms with E-state index in [0.29, 0.717) is 13.1 Å². The number of halogens is 2. The summed E-state index contributed by atoms with van der Waals surface area (Å²) in [6, 6.07) is 11.3. The molecular formula is C19H23ClFN3O2S. The summed E-state index contributed by atoms with van der Waals surface area (Å²) in [6.45, 7) is 4.52. The van der Waals surface area contributed by atoms with Gasteiger partial charge in [0.05, 0.1) is 4.90 Å². The molecule has 27 heavy (non-hydrogen) atoms. The van der Waals surface area contributed by atoms with E-state index in [1.165, 1.54) is 22.5 Å². The second kappa shape index (κ2) is 7.75. The molecule has 0 unspecified atom stereocenters. The Labute approximate surface area is 165 Å². The van der Waals surface area contributed by atoms with Gasteiger partial charge in [0.1, 0.15) is 5.82 Å². The van der Waals surface area contributed by atoms with Crippen molar-refractivity contribution in [1.29, 1.82) is 0 Å². The summed E-state index contributed by atoms with van der Waals surface area (Å²) in [5.41, 5.74) is 3.21. The smallest absolute Gasteiger partial charge is 0.243 e. The lowest BCUT2D eigenvalue weighted by Gasteiger charge is -2.35. The van der Waals surface area contributed by atoms with Gasteiger partial charge < -0.3 is 9.80 Å². The van der Waals surface area contributed by atoms with Crippen molar-refractivity contribution in [2.45, 2.75) is 18.0 Å². The van der Waals surface area contributed by atoms with Crippen molar-refractivity contribution in [3.8, 4) is 0 Å². The first-order valence-electron chi connectivity index (χ1n) is 8.75. The molecule has 2 aromatic rings. The molecule has 2 aliphatic heterocycles. The molecule has 1 fully saturated rings. The van der Waals surface area contributed by atoms with Crippen LogP contribution in [0.25, 0.3) is 0 Å². The van der Waals surface area contributed by atoms with Crippen LogP contribution in [0.15, 0.2) is 47.4 Å². The predicted octanol–water partition coefficient (Wildman–Crippen LogP) is 2.70. The van der Waals surface area contributed by atoms with E-state index in [1.54, 1.807) is 0 Å². The molecule has 5 nitrogen and oxygen atoms in total. The van der Waals surface area contributed by atoms with Gasteiger partial charge in [0.2, 0.25) is 10.0 Å². The van der Waals surface area contributed by atoms with E-state index < -0.39 is 15.8 Å². The third-order valence-electron chi connectivity index (χ3n) is 5.21. The highest BCUT2D eigenvalue weighted by Gasteiger charge is 2.33. The van der Waals surface area contributed by atoms with Crippen LogP contribution in [0.1, 0.15) is 11.1 Å². The third kappa shape index (κ3) is 3.82. The topological polar surface area (TPSA) is 43.9 Å². The maximum atomic E-state index is 13.5. The van der Waals surface area contributed by atoms with Gasteiger partial charge in [0.15, 0.2) is 0 Å². The number of rotatable bonds is 3. The molecule has 0 bridgehead atoms. The summed E-state index contributed by atoms with van der Waals surface area (Å²) < 4.78 is 40.8. The average molecular weight is 412 g/mol. The van der Waals surface area contributed by atoms with Crippen LogP contribution in [0.2, 0.25) is 0 Å². The van der Waals surface area contributed by atoms with Gasteiger partial charge in [-0.05, 0) is 42.4 Å². The fraction of sp³-hybridized carbons (Fsp3) is 0.368. The lowest BCUT2D eigenvalue weighted by Crippen LogP contribution is -2.44. The number of likely N-dealkylation sites (N-methyl/N-ethyl adjacent to an activating group) is 1. The summed E-state index contributed by atoms with van der Waals surface area (Å²) in [7, 11) is -1.61. The SMILES string of the molecule is CN1CCN(c2cccc3c2CN(S(=O)(=O)c2cccc(F)c2)C3)CC1.Cl. The summed E-state index contributed by atoms with van der Waals surface area (Å²) in [5.74, 6) is -0.541. The lowest BCUT2D eigenvalue weighted by molar-refractivity contribution is 0.312. The van der Waals surface area contributed by atoms with Crippen molar-refractivity contribution < 1.29 is 12.8 Å². The van der Waals surface area contributed by atoms with Gasteiger partial charge in [-0.1, -0.05) is 18.2 Å². The Kier molecular flexibility index (Phi) is 5.76. The number of hydrogen-bond acceptors (Lipinski definition) is 4. The largest absolute Gasteiger partial charge is 0.369 e. The van der Waals surface area contributed by atoms with Crippen molar-refractivity contribution >= 4 is 28.1 Å². The second-order valence-electron chi connectivity index (χ2n) is 6.94. The zero-order chi connectivity index (χ0) is 18.3. The summed E-state index contributed by atoms with van der Waals surface area (Å²) >= 11 is 0. The molecule has 146 valence electrons. The van der Waals surface area contributed by atoms with E-state index in [0.717, 1.165) is 49.1 Å². The molecule has 0 aliphatic carbocycles. The Hall–Kier alpha value is -1.67. The molecule has 0 aromatic heterocycles. The first-order chi connectivity index (χ1) is 12.4. The normalized spacial score (nSPS) is 18.2. The summed E-state index contributed by atoms with van der Waals surface area (Å²) in [4.78, 5) is 4.63. The molecule has 4 rings (SSSR count). The minimum absolute atomic E-state index is 0. The highest BCUT2D eigenvalue weighted by molar-refractivity contribution is 7.89. The van der Waals surface area contributed by atoms with Crippen LogP contribution in [0, 0.1) is 5.82 Å². The number of anilines is 1. The Morgan fingerprint density at radius 2 is 1.67 bits per heavy atom. The highest BCUT2D eigenvalue weighted by atomic mass is 35.5. The Morgan fingerprint density at radius 1 is 0.963 bits per heavy atom.